The van der Waals surface area contributed by atoms with E-state index in [-0.39, 0.29) is 24.0 Å². The topological polar surface area (TPSA) is 92.3 Å². The molecular weight excluding hydrogens is 412 g/mol. The summed E-state index contributed by atoms with van der Waals surface area (Å²) in [5, 5.41) is 3.10. The molecule has 1 aliphatic carbocycles. The Bertz CT molecular complexity index is 1170. The maximum atomic E-state index is 13.2. The Balaban J connectivity index is 1.30. The van der Waals surface area contributed by atoms with Crippen LogP contribution in [-0.4, -0.2) is 39.0 Å². The Hall–Kier alpha value is -3.39. The highest BCUT2D eigenvalue weighted by atomic mass is 32.1. The van der Waals surface area contributed by atoms with Crippen LogP contribution in [0.2, 0.25) is 0 Å². The third-order valence-corrected chi connectivity index (χ3v) is 6.81. The summed E-state index contributed by atoms with van der Waals surface area (Å²) in [7, 11) is 0. The first kappa shape index (κ1) is 19.6. The number of nitrogens with zero attached hydrogens (tertiary/aromatic N) is 3. The minimum atomic E-state index is -0.408. The molecule has 1 N–H and O–H groups in total. The molecule has 8 heteroatoms. The highest BCUT2D eigenvalue weighted by Crippen LogP contribution is 2.34. The molecule has 31 heavy (non-hydrogen) atoms. The Morgan fingerprint density at radius 1 is 1.10 bits per heavy atom. The molecule has 156 valence electrons. The van der Waals surface area contributed by atoms with Crippen molar-refractivity contribution in [1.82, 2.24) is 14.9 Å². The van der Waals surface area contributed by atoms with Crippen molar-refractivity contribution < 1.29 is 14.4 Å². The van der Waals surface area contributed by atoms with Gasteiger partial charge in [0.15, 0.2) is 10.9 Å². The summed E-state index contributed by atoms with van der Waals surface area (Å²) in [5.74, 6) is -0.820. The molecule has 0 bridgehead atoms. The first-order valence-corrected chi connectivity index (χ1v) is 11.0. The van der Waals surface area contributed by atoms with Crippen LogP contribution in [0.3, 0.4) is 0 Å². The van der Waals surface area contributed by atoms with Crippen molar-refractivity contribution in [2.45, 2.75) is 25.8 Å². The van der Waals surface area contributed by atoms with E-state index in [2.05, 4.69) is 27.4 Å². The van der Waals surface area contributed by atoms with E-state index < -0.39 is 5.92 Å². The van der Waals surface area contributed by atoms with Gasteiger partial charge >= 0.3 is 0 Å². The summed E-state index contributed by atoms with van der Waals surface area (Å²) in [6.45, 7) is 1.24. The van der Waals surface area contributed by atoms with Gasteiger partial charge in [0.25, 0.3) is 5.91 Å². The zero-order valence-electron chi connectivity index (χ0n) is 16.7. The summed E-state index contributed by atoms with van der Waals surface area (Å²) < 4.78 is 0. The van der Waals surface area contributed by atoms with Gasteiger partial charge in [0.1, 0.15) is 0 Å². The van der Waals surface area contributed by atoms with E-state index in [0.29, 0.717) is 40.8 Å². The van der Waals surface area contributed by atoms with Gasteiger partial charge in [-0.05, 0) is 29.7 Å². The fourth-order valence-corrected chi connectivity index (χ4v) is 5.10. The molecule has 7 nitrogen and oxygen atoms in total. The molecular formula is C23H20N4O3S. The number of benzene rings is 1. The molecule has 1 aromatic carbocycles. The van der Waals surface area contributed by atoms with Crippen LogP contribution in [0.15, 0.2) is 48.8 Å². The van der Waals surface area contributed by atoms with E-state index in [9.17, 15) is 14.4 Å². The predicted molar refractivity (Wildman–Crippen MR) is 116 cm³/mol. The number of amides is 2. The SMILES string of the molecule is O=C(Nc1nc2c(s1)C(=O)CC(C(=O)N1CCc3ccccc3C1)C2)c1cccnc1. The van der Waals surface area contributed by atoms with Crippen molar-refractivity contribution in [3.05, 3.63) is 76.1 Å². The summed E-state index contributed by atoms with van der Waals surface area (Å²) >= 11 is 1.17. The second-order valence-corrected chi connectivity index (χ2v) is 8.80. The fraction of sp³-hybridized carbons (Fsp3) is 0.261. The molecule has 1 aliphatic heterocycles. The molecule has 0 saturated carbocycles. The third kappa shape index (κ3) is 3.86. The van der Waals surface area contributed by atoms with Crippen molar-refractivity contribution in [2.24, 2.45) is 5.92 Å². The molecule has 0 spiro atoms. The summed E-state index contributed by atoms with van der Waals surface area (Å²) in [6, 6.07) is 11.5. The van der Waals surface area contributed by atoms with Gasteiger partial charge in [-0.1, -0.05) is 35.6 Å². The molecule has 0 fully saturated rings. The van der Waals surface area contributed by atoms with Crippen LogP contribution in [0.1, 0.15) is 43.3 Å². The number of aromatic nitrogens is 2. The molecule has 2 amide bonds. The average molecular weight is 433 g/mol. The highest BCUT2D eigenvalue weighted by molar-refractivity contribution is 7.17. The average Bonchev–Trinajstić information content (AvgIpc) is 3.22. The van der Waals surface area contributed by atoms with Crippen LogP contribution in [0.4, 0.5) is 5.13 Å². The minimum Gasteiger partial charge on any atom is -0.338 e. The van der Waals surface area contributed by atoms with Gasteiger partial charge in [-0.25, -0.2) is 4.98 Å². The normalized spacial score (nSPS) is 17.6. The second kappa shape index (κ2) is 8.03. The molecule has 1 atom stereocenters. The molecule has 0 radical (unpaired) electrons. The van der Waals surface area contributed by atoms with Crippen molar-refractivity contribution in [3.63, 3.8) is 0 Å². The largest absolute Gasteiger partial charge is 0.338 e. The number of nitrogens with one attached hydrogen (secondary N) is 1. The molecule has 1 unspecified atom stereocenters. The molecule has 0 saturated heterocycles. The number of thiazole rings is 1. The Kier molecular flexibility index (Phi) is 5.07. The van der Waals surface area contributed by atoms with Crippen LogP contribution >= 0.6 is 11.3 Å². The van der Waals surface area contributed by atoms with Crippen LogP contribution in [0.25, 0.3) is 0 Å². The number of hydrogen-bond donors (Lipinski definition) is 1. The number of Topliss-reactive ketones (excluding diaryl/α,β-unsaturated/α-hetero) is 1. The van der Waals surface area contributed by atoms with Gasteiger partial charge in [-0.3, -0.25) is 24.7 Å². The minimum absolute atomic E-state index is 0.00227. The van der Waals surface area contributed by atoms with Gasteiger partial charge in [0.05, 0.1) is 22.1 Å². The monoisotopic (exact) mass is 432 g/mol. The van der Waals surface area contributed by atoms with Crippen molar-refractivity contribution in [2.75, 3.05) is 11.9 Å². The summed E-state index contributed by atoms with van der Waals surface area (Å²) in [5.41, 5.74) is 3.46. The van der Waals surface area contributed by atoms with Crippen molar-refractivity contribution in [1.29, 1.82) is 0 Å². The predicted octanol–water partition coefficient (Wildman–Crippen LogP) is 3.12. The van der Waals surface area contributed by atoms with E-state index in [1.807, 2.05) is 17.0 Å². The van der Waals surface area contributed by atoms with E-state index in [1.54, 1.807) is 18.3 Å². The van der Waals surface area contributed by atoms with Gasteiger partial charge in [-0.15, -0.1) is 0 Å². The number of ketones is 1. The lowest BCUT2D eigenvalue weighted by molar-refractivity contribution is -0.136. The molecule has 3 heterocycles. The quantitative estimate of drug-likeness (QED) is 0.687. The van der Waals surface area contributed by atoms with Gasteiger partial charge in [0.2, 0.25) is 5.91 Å². The smallest absolute Gasteiger partial charge is 0.259 e. The summed E-state index contributed by atoms with van der Waals surface area (Å²) in [6.07, 6.45) is 4.49. The first-order valence-electron chi connectivity index (χ1n) is 10.2. The number of rotatable bonds is 3. The lowest BCUT2D eigenvalue weighted by Gasteiger charge is -2.32. The molecule has 5 rings (SSSR count). The zero-order valence-corrected chi connectivity index (χ0v) is 17.5. The third-order valence-electron chi connectivity index (χ3n) is 5.76. The zero-order chi connectivity index (χ0) is 21.4. The van der Waals surface area contributed by atoms with E-state index >= 15 is 0 Å². The van der Waals surface area contributed by atoms with Crippen molar-refractivity contribution >= 4 is 34.1 Å². The van der Waals surface area contributed by atoms with E-state index in [4.69, 9.17) is 0 Å². The number of carbonyl (C=O) groups excluding carboxylic acids is 3. The lowest BCUT2D eigenvalue weighted by Crippen LogP contribution is -2.42. The summed E-state index contributed by atoms with van der Waals surface area (Å²) in [4.78, 5) is 49.0. The first-order chi connectivity index (χ1) is 15.1. The van der Waals surface area contributed by atoms with Crippen molar-refractivity contribution in [3.8, 4) is 0 Å². The Labute approximate surface area is 183 Å². The van der Waals surface area contributed by atoms with Gasteiger partial charge in [-0.2, -0.15) is 0 Å². The number of hydrogen-bond acceptors (Lipinski definition) is 6. The maximum absolute atomic E-state index is 13.2. The van der Waals surface area contributed by atoms with Crippen LogP contribution in [0, 0.1) is 5.92 Å². The van der Waals surface area contributed by atoms with Crippen LogP contribution < -0.4 is 5.32 Å². The van der Waals surface area contributed by atoms with E-state index in [1.165, 1.54) is 28.7 Å². The number of anilines is 1. The number of fused-ring (bicyclic) bond motifs is 2. The molecule has 3 aromatic rings. The van der Waals surface area contributed by atoms with Crippen LogP contribution in [0.5, 0.6) is 0 Å². The van der Waals surface area contributed by atoms with Gasteiger partial charge in [0, 0.05) is 38.3 Å². The number of pyridine rings is 1. The highest BCUT2D eigenvalue weighted by Gasteiger charge is 2.36. The second-order valence-electron chi connectivity index (χ2n) is 7.80. The Morgan fingerprint density at radius 3 is 2.74 bits per heavy atom. The van der Waals surface area contributed by atoms with Crippen LogP contribution in [-0.2, 0) is 24.2 Å². The lowest BCUT2D eigenvalue weighted by atomic mass is 9.88. The fourth-order valence-electron chi connectivity index (χ4n) is 4.17. The molecule has 2 aromatic heterocycles. The van der Waals surface area contributed by atoms with E-state index in [0.717, 1.165) is 6.42 Å². The molecule has 2 aliphatic rings. The maximum Gasteiger partial charge on any atom is 0.259 e. The standard InChI is InChI=1S/C23H20N4O3S/c28-19-11-17(22(30)27-9-7-14-4-1-2-5-16(14)13-27)10-18-20(19)31-23(25-18)26-21(29)15-6-3-8-24-12-15/h1-6,8,12,17H,7,9-11,13H2,(H,25,26,29). The van der Waals surface area contributed by atoms with Gasteiger partial charge < -0.3 is 4.90 Å². The Morgan fingerprint density at radius 2 is 1.94 bits per heavy atom. The number of carbonyl (C=O) groups is 3.